The van der Waals surface area contributed by atoms with Gasteiger partial charge in [-0.3, -0.25) is 0 Å². The first-order valence-electron chi connectivity index (χ1n) is 8.45. The van der Waals surface area contributed by atoms with Crippen molar-refractivity contribution in [2.24, 2.45) is 10.4 Å². The van der Waals surface area contributed by atoms with Gasteiger partial charge in [0.25, 0.3) is 0 Å². The lowest BCUT2D eigenvalue weighted by Crippen LogP contribution is -2.45. The van der Waals surface area contributed by atoms with Gasteiger partial charge in [-0.1, -0.05) is 20.8 Å². The van der Waals surface area contributed by atoms with Gasteiger partial charge in [-0.15, -0.1) is 0 Å². The predicted octanol–water partition coefficient (Wildman–Crippen LogP) is 2.26. The number of ether oxygens (including phenoxy) is 1. The molecule has 2 N–H and O–H groups in total. The van der Waals surface area contributed by atoms with Crippen LogP contribution in [0.15, 0.2) is 23.3 Å². The van der Waals surface area contributed by atoms with E-state index in [9.17, 15) is 0 Å². The monoisotopic (exact) mass is 335 g/mol. The lowest BCUT2D eigenvalue weighted by molar-refractivity contribution is 0.0205. The molecule has 0 amide bonds. The molecule has 24 heavy (non-hydrogen) atoms. The van der Waals surface area contributed by atoms with Crippen molar-refractivity contribution in [3.63, 3.8) is 0 Å². The highest BCUT2D eigenvalue weighted by atomic mass is 16.5. The Balaban J connectivity index is 2.73. The maximum Gasteiger partial charge on any atom is 0.191 e. The molecule has 0 aliphatic heterocycles. The standard InChI is InChI=1S/C18H33N5O/c1-8-19-17(22-13-15(24-7)18(2,3)4)21-12-14-9-10-20-16(11-14)23(5)6/h9-11,15H,8,12-13H2,1-7H3,(H2,19,21,22). The highest BCUT2D eigenvalue weighted by molar-refractivity contribution is 5.79. The lowest BCUT2D eigenvalue weighted by atomic mass is 9.89. The van der Waals surface area contributed by atoms with E-state index in [1.54, 1.807) is 7.11 Å². The molecule has 6 heteroatoms. The van der Waals surface area contributed by atoms with Gasteiger partial charge in [-0.05, 0) is 30.0 Å². The van der Waals surface area contributed by atoms with Crippen molar-refractivity contribution in [1.29, 1.82) is 0 Å². The SMILES string of the molecule is CCNC(=NCc1ccnc(N(C)C)c1)NCC(OC)C(C)(C)C. The Morgan fingerprint density at radius 1 is 1.33 bits per heavy atom. The molecule has 0 fully saturated rings. The Labute approximate surface area is 146 Å². The number of methoxy groups -OCH3 is 1. The van der Waals surface area contributed by atoms with Gasteiger partial charge in [0, 0.05) is 40.5 Å². The maximum absolute atomic E-state index is 5.59. The van der Waals surface area contributed by atoms with Crippen LogP contribution < -0.4 is 15.5 Å². The molecule has 1 unspecified atom stereocenters. The van der Waals surface area contributed by atoms with Crippen LogP contribution in [0.5, 0.6) is 0 Å². The van der Waals surface area contributed by atoms with Crippen LogP contribution >= 0.6 is 0 Å². The average Bonchev–Trinajstić information content (AvgIpc) is 2.52. The third kappa shape index (κ3) is 6.74. The van der Waals surface area contributed by atoms with Crippen molar-refractivity contribution in [3.8, 4) is 0 Å². The number of nitrogens with zero attached hydrogens (tertiary/aromatic N) is 3. The summed E-state index contributed by atoms with van der Waals surface area (Å²) in [4.78, 5) is 11.0. The Morgan fingerprint density at radius 3 is 2.58 bits per heavy atom. The predicted molar refractivity (Wildman–Crippen MR) is 102 cm³/mol. The molecule has 1 heterocycles. The fourth-order valence-corrected chi connectivity index (χ4v) is 2.25. The van der Waals surface area contributed by atoms with Crippen molar-refractivity contribution in [3.05, 3.63) is 23.9 Å². The number of anilines is 1. The minimum Gasteiger partial charge on any atom is -0.379 e. The Morgan fingerprint density at radius 2 is 2.04 bits per heavy atom. The van der Waals surface area contributed by atoms with Crippen molar-refractivity contribution in [2.45, 2.75) is 40.3 Å². The molecule has 0 spiro atoms. The van der Waals surface area contributed by atoms with E-state index in [-0.39, 0.29) is 11.5 Å². The fourth-order valence-electron chi connectivity index (χ4n) is 2.25. The van der Waals surface area contributed by atoms with E-state index in [0.29, 0.717) is 13.1 Å². The molecule has 0 saturated carbocycles. The smallest absolute Gasteiger partial charge is 0.191 e. The van der Waals surface area contributed by atoms with Crippen LogP contribution in [0.25, 0.3) is 0 Å². The first-order valence-corrected chi connectivity index (χ1v) is 8.45. The van der Waals surface area contributed by atoms with Gasteiger partial charge < -0.3 is 20.3 Å². The van der Waals surface area contributed by atoms with E-state index in [2.05, 4.69) is 54.4 Å². The second-order valence-corrected chi connectivity index (χ2v) is 7.08. The van der Waals surface area contributed by atoms with Gasteiger partial charge in [0.2, 0.25) is 0 Å². The summed E-state index contributed by atoms with van der Waals surface area (Å²) in [6.45, 7) is 10.7. The molecule has 6 nitrogen and oxygen atoms in total. The second-order valence-electron chi connectivity index (χ2n) is 7.08. The lowest BCUT2D eigenvalue weighted by Gasteiger charge is -2.30. The van der Waals surface area contributed by atoms with E-state index in [0.717, 1.165) is 23.9 Å². The fraction of sp³-hybridized carbons (Fsp3) is 0.667. The number of aliphatic imine (C=N–C) groups is 1. The zero-order chi connectivity index (χ0) is 18.2. The van der Waals surface area contributed by atoms with Crippen LogP contribution in [-0.4, -0.2) is 51.3 Å². The normalized spacial score (nSPS) is 13.5. The van der Waals surface area contributed by atoms with Gasteiger partial charge in [0.1, 0.15) is 5.82 Å². The molecule has 136 valence electrons. The zero-order valence-corrected chi connectivity index (χ0v) is 16.2. The summed E-state index contributed by atoms with van der Waals surface area (Å²) in [6.07, 6.45) is 1.93. The third-order valence-corrected chi connectivity index (χ3v) is 3.74. The molecule has 1 aromatic heterocycles. The van der Waals surface area contributed by atoms with Gasteiger partial charge in [0.15, 0.2) is 5.96 Å². The Bertz CT molecular complexity index is 522. The number of hydrogen-bond donors (Lipinski definition) is 2. The molecule has 0 aliphatic carbocycles. The van der Waals surface area contributed by atoms with E-state index in [4.69, 9.17) is 4.74 Å². The summed E-state index contributed by atoms with van der Waals surface area (Å²) in [5.41, 5.74) is 1.20. The van der Waals surface area contributed by atoms with Crippen LogP contribution in [-0.2, 0) is 11.3 Å². The van der Waals surface area contributed by atoms with E-state index >= 15 is 0 Å². The average molecular weight is 335 g/mol. The number of rotatable bonds is 7. The van der Waals surface area contributed by atoms with Gasteiger partial charge in [-0.25, -0.2) is 9.98 Å². The maximum atomic E-state index is 5.59. The third-order valence-electron chi connectivity index (χ3n) is 3.74. The highest BCUT2D eigenvalue weighted by Crippen LogP contribution is 2.20. The van der Waals surface area contributed by atoms with Crippen LogP contribution in [0.1, 0.15) is 33.3 Å². The van der Waals surface area contributed by atoms with E-state index < -0.39 is 0 Å². The summed E-state index contributed by atoms with van der Waals surface area (Å²) >= 11 is 0. The quantitative estimate of drug-likeness (QED) is 0.591. The molecule has 0 bridgehead atoms. The first kappa shape index (κ1) is 20.2. The minimum absolute atomic E-state index is 0.0742. The van der Waals surface area contributed by atoms with Crippen LogP contribution in [0.3, 0.4) is 0 Å². The Kier molecular flexibility index (Phi) is 7.98. The number of nitrogens with one attached hydrogen (secondary N) is 2. The van der Waals surface area contributed by atoms with Gasteiger partial charge >= 0.3 is 0 Å². The number of pyridine rings is 1. The van der Waals surface area contributed by atoms with Crippen molar-refractivity contribution in [2.75, 3.05) is 39.2 Å². The topological polar surface area (TPSA) is 61.8 Å². The van der Waals surface area contributed by atoms with Crippen molar-refractivity contribution < 1.29 is 4.74 Å². The second kappa shape index (κ2) is 9.47. The molecule has 0 saturated heterocycles. The van der Waals surface area contributed by atoms with E-state index in [1.165, 1.54) is 0 Å². The number of hydrogen-bond acceptors (Lipinski definition) is 4. The molecule has 1 aromatic rings. The highest BCUT2D eigenvalue weighted by Gasteiger charge is 2.24. The van der Waals surface area contributed by atoms with Crippen LogP contribution in [0, 0.1) is 5.41 Å². The number of aromatic nitrogens is 1. The molecule has 0 aromatic carbocycles. The molecular formula is C18H33N5O. The summed E-state index contributed by atoms with van der Waals surface area (Å²) in [7, 11) is 5.72. The summed E-state index contributed by atoms with van der Waals surface area (Å²) in [5, 5.41) is 6.65. The van der Waals surface area contributed by atoms with Crippen LogP contribution in [0.4, 0.5) is 5.82 Å². The first-order chi connectivity index (χ1) is 11.3. The van der Waals surface area contributed by atoms with Crippen molar-refractivity contribution in [1.82, 2.24) is 15.6 Å². The molecule has 0 aliphatic rings. The molecule has 1 atom stereocenters. The number of guanidine groups is 1. The molecule has 0 radical (unpaired) electrons. The van der Waals surface area contributed by atoms with E-state index in [1.807, 2.05) is 31.3 Å². The summed E-state index contributed by atoms with van der Waals surface area (Å²) in [5.74, 6) is 1.74. The molecular weight excluding hydrogens is 302 g/mol. The van der Waals surface area contributed by atoms with Gasteiger partial charge in [0.05, 0.1) is 12.6 Å². The molecule has 1 rings (SSSR count). The minimum atomic E-state index is 0.0742. The van der Waals surface area contributed by atoms with Gasteiger partial charge in [-0.2, -0.15) is 0 Å². The summed E-state index contributed by atoms with van der Waals surface area (Å²) < 4.78 is 5.59. The van der Waals surface area contributed by atoms with Crippen molar-refractivity contribution >= 4 is 11.8 Å². The summed E-state index contributed by atoms with van der Waals surface area (Å²) in [6, 6.07) is 4.05. The zero-order valence-electron chi connectivity index (χ0n) is 16.2. The van der Waals surface area contributed by atoms with Crippen LogP contribution in [0.2, 0.25) is 0 Å². The largest absolute Gasteiger partial charge is 0.379 e. The Hall–Kier alpha value is -1.82.